The smallest absolute Gasteiger partial charge is 0.254 e. The summed E-state index contributed by atoms with van der Waals surface area (Å²) in [5.41, 5.74) is 1.29. The number of thiazole rings is 1. The minimum Gasteiger partial charge on any atom is -0.497 e. The lowest BCUT2D eigenvalue weighted by Gasteiger charge is -2.20. The van der Waals surface area contributed by atoms with E-state index in [9.17, 15) is 9.59 Å². The molecule has 0 atom stereocenters. The summed E-state index contributed by atoms with van der Waals surface area (Å²) in [4.78, 5) is 30.4. The van der Waals surface area contributed by atoms with E-state index in [-0.39, 0.29) is 24.9 Å². The van der Waals surface area contributed by atoms with E-state index < -0.39 is 0 Å². The van der Waals surface area contributed by atoms with Crippen molar-refractivity contribution < 1.29 is 14.3 Å². The minimum absolute atomic E-state index is 0.0826. The molecule has 0 bridgehead atoms. The van der Waals surface area contributed by atoms with Crippen molar-refractivity contribution in [1.82, 2.24) is 9.88 Å². The van der Waals surface area contributed by atoms with Gasteiger partial charge in [0.15, 0.2) is 5.13 Å². The van der Waals surface area contributed by atoms with Gasteiger partial charge in [0.25, 0.3) is 5.91 Å². The van der Waals surface area contributed by atoms with Crippen molar-refractivity contribution in [3.8, 4) is 5.75 Å². The van der Waals surface area contributed by atoms with E-state index in [4.69, 9.17) is 4.74 Å². The number of carbonyl (C=O) groups is 2. The number of aryl methyl sites for hydroxylation is 1. The van der Waals surface area contributed by atoms with Gasteiger partial charge in [-0.1, -0.05) is 12.1 Å². The van der Waals surface area contributed by atoms with Gasteiger partial charge in [-0.3, -0.25) is 9.59 Å². The van der Waals surface area contributed by atoms with Crippen molar-refractivity contribution in [3.05, 3.63) is 53.6 Å². The molecule has 7 heteroatoms. The van der Waals surface area contributed by atoms with E-state index in [2.05, 4.69) is 16.9 Å². The number of hydrogen-bond acceptors (Lipinski definition) is 5. The van der Waals surface area contributed by atoms with E-state index in [0.29, 0.717) is 16.4 Å². The van der Waals surface area contributed by atoms with Crippen LogP contribution in [-0.4, -0.2) is 41.9 Å². The van der Waals surface area contributed by atoms with Crippen LogP contribution >= 0.6 is 11.3 Å². The standard InChI is InChI=1S/C17H19N3O3S/c1-4-8-20(10-15(21)19-17-18-12(2)11-24-17)16(22)13-6-5-7-14(9-13)23-3/h4-7,9,11H,1,8,10H2,2-3H3,(H,18,19,21). The van der Waals surface area contributed by atoms with Crippen LogP contribution in [0.1, 0.15) is 16.1 Å². The average molecular weight is 345 g/mol. The molecule has 126 valence electrons. The van der Waals surface area contributed by atoms with Gasteiger partial charge >= 0.3 is 0 Å². The molecule has 0 aliphatic rings. The van der Waals surface area contributed by atoms with Crippen molar-refractivity contribution in [2.45, 2.75) is 6.92 Å². The third kappa shape index (κ3) is 4.66. The lowest BCUT2D eigenvalue weighted by atomic mass is 10.2. The molecule has 0 fully saturated rings. The third-order valence-electron chi connectivity index (χ3n) is 3.15. The zero-order valence-electron chi connectivity index (χ0n) is 13.6. The predicted octanol–water partition coefficient (Wildman–Crippen LogP) is 2.73. The summed E-state index contributed by atoms with van der Waals surface area (Å²) in [6.45, 7) is 5.68. The summed E-state index contributed by atoms with van der Waals surface area (Å²) < 4.78 is 5.13. The largest absolute Gasteiger partial charge is 0.497 e. The van der Waals surface area contributed by atoms with Gasteiger partial charge in [0, 0.05) is 17.5 Å². The minimum atomic E-state index is -0.303. The highest BCUT2D eigenvalue weighted by Gasteiger charge is 2.19. The first-order valence-corrected chi connectivity index (χ1v) is 8.17. The van der Waals surface area contributed by atoms with E-state index in [1.165, 1.54) is 23.3 Å². The lowest BCUT2D eigenvalue weighted by molar-refractivity contribution is -0.116. The Bertz CT molecular complexity index is 742. The first-order valence-electron chi connectivity index (χ1n) is 7.29. The molecule has 1 aromatic heterocycles. The van der Waals surface area contributed by atoms with Gasteiger partial charge < -0.3 is 15.0 Å². The van der Waals surface area contributed by atoms with Crippen molar-refractivity contribution in [2.24, 2.45) is 0 Å². The van der Waals surface area contributed by atoms with Crippen LogP contribution in [0.15, 0.2) is 42.3 Å². The molecule has 0 spiro atoms. The molecular weight excluding hydrogens is 326 g/mol. The monoisotopic (exact) mass is 345 g/mol. The Hall–Kier alpha value is -2.67. The van der Waals surface area contributed by atoms with Crippen LogP contribution in [0.3, 0.4) is 0 Å². The Morgan fingerprint density at radius 3 is 2.88 bits per heavy atom. The van der Waals surface area contributed by atoms with Crippen LogP contribution in [-0.2, 0) is 4.79 Å². The molecule has 2 aromatic rings. The van der Waals surface area contributed by atoms with Gasteiger partial charge in [0.05, 0.1) is 12.8 Å². The van der Waals surface area contributed by atoms with Gasteiger partial charge in [-0.15, -0.1) is 17.9 Å². The Kier molecular flexibility index (Phi) is 6.08. The van der Waals surface area contributed by atoms with Gasteiger partial charge in [-0.05, 0) is 25.1 Å². The molecule has 0 unspecified atom stereocenters. The van der Waals surface area contributed by atoms with Gasteiger partial charge in [-0.2, -0.15) is 0 Å². The fourth-order valence-corrected chi connectivity index (χ4v) is 2.76. The molecule has 24 heavy (non-hydrogen) atoms. The number of nitrogens with zero attached hydrogens (tertiary/aromatic N) is 2. The number of anilines is 1. The van der Waals surface area contributed by atoms with Crippen molar-refractivity contribution in [1.29, 1.82) is 0 Å². The molecule has 0 aliphatic heterocycles. The van der Waals surface area contributed by atoms with Crippen LogP contribution < -0.4 is 10.1 Å². The molecule has 0 radical (unpaired) electrons. The van der Waals surface area contributed by atoms with Crippen LogP contribution in [0.25, 0.3) is 0 Å². The lowest BCUT2D eigenvalue weighted by Crippen LogP contribution is -2.38. The number of aromatic nitrogens is 1. The maximum atomic E-state index is 12.6. The second-order valence-corrected chi connectivity index (χ2v) is 5.91. The van der Waals surface area contributed by atoms with Gasteiger partial charge in [-0.25, -0.2) is 4.98 Å². The number of methoxy groups -OCH3 is 1. The molecule has 6 nitrogen and oxygen atoms in total. The second kappa shape index (κ2) is 8.26. The number of benzene rings is 1. The Balaban J connectivity index is 2.08. The van der Waals surface area contributed by atoms with E-state index in [0.717, 1.165) is 5.69 Å². The molecule has 0 saturated heterocycles. The van der Waals surface area contributed by atoms with Crippen LogP contribution in [0, 0.1) is 6.92 Å². The van der Waals surface area contributed by atoms with Crippen LogP contribution in [0.5, 0.6) is 5.75 Å². The highest BCUT2D eigenvalue weighted by atomic mass is 32.1. The van der Waals surface area contributed by atoms with Crippen molar-refractivity contribution >= 4 is 28.3 Å². The Labute approximate surface area is 144 Å². The summed E-state index contributed by atoms with van der Waals surface area (Å²) >= 11 is 1.34. The first-order chi connectivity index (χ1) is 11.5. The number of ether oxygens (including phenoxy) is 1. The van der Waals surface area contributed by atoms with Gasteiger partial charge in [0.1, 0.15) is 12.3 Å². The molecule has 0 aliphatic carbocycles. The molecule has 1 N–H and O–H groups in total. The molecule has 1 heterocycles. The summed E-state index contributed by atoms with van der Waals surface area (Å²) in [5, 5.41) is 5.06. The number of rotatable bonds is 7. The molecular formula is C17H19N3O3S. The summed E-state index contributed by atoms with van der Waals surface area (Å²) in [7, 11) is 1.54. The molecule has 1 aromatic carbocycles. The van der Waals surface area contributed by atoms with Crippen LogP contribution in [0.2, 0.25) is 0 Å². The average Bonchev–Trinajstić information content (AvgIpc) is 2.98. The van der Waals surface area contributed by atoms with E-state index in [1.54, 1.807) is 30.3 Å². The highest BCUT2D eigenvalue weighted by Crippen LogP contribution is 2.16. The zero-order chi connectivity index (χ0) is 17.5. The highest BCUT2D eigenvalue weighted by molar-refractivity contribution is 7.13. The maximum absolute atomic E-state index is 12.6. The summed E-state index contributed by atoms with van der Waals surface area (Å²) in [5.74, 6) is 0.0174. The quantitative estimate of drug-likeness (QED) is 0.783. The normalized spacial score (nSPS) is 10.1. The first kappa shape index (κ1) is 17.7. The molecule has 2 amide bonds. The molecule has 2 rings (SSSR count). The van der Waals surface area contributed by atoms with Crippen molar-refractivity contribution in [2.75, 3.05) is 25.5 Å². The summed E-state index contributed by atoms with van der Waals surface area (Å²) in [6, 6.07) is 6.81. The predicted molar refractivity (Wildman–Crippen MR) is 94.6 cm³/mol. The van der Waals surface area contributed by atoms with Crippen molar-refractivity contribution in [3.63, 3.8) is 0 Å². The Morgan fingerprint density at radius 1 is 1.46 bits per heavy atom. The number of carbonyl (C=O) groups excluding carboxylic acids is 2. The maximum Gasteiger partial charge on any atom is 0.254 e. The number of amides is 2. The van der Waals surface area contributed by atoms with E-state index in [1.807, 2.05) is 12.3 Å². The summed E-state index contributed by atoms with van der Waals surface area (Å²) in [6.07, 6.45) is 1.58. The van der Waals surface area contributed by atoms with Crippen LogP contribution in [0.4, 0.5) is 5.13 Å². The number of nitrogens with one attached hydrogen (secondary N) is 1. The van der Waals surface area contributed by atoms with E-state index >= 15 is 0 Å². The fourth-order valence-electron chi connectivity index (χ4n) is 2.06. The zero-order valence-corrected chi connectivity index (χ0v) is 14.4. The second-order valence-electron chi connectivity index (χ2n) is 5.05. The SMILES string of the molecule is C=CCN(CC(=O)Nc1nc(C)cs1)C(=O)c1cccc(OC)c1. The molecule has 0 saturated carbocycles. The topological polar surface area (TPSA) is 71.5 Å². The fraction of sp³-hybridized carbons (Fsp3) is 0.235. The van der Waals surface area contributed by atoms with Gasteiger partial charge in [0.2, 0.25) is 5.91 Å². The Morgan fingerprint density at radius 2 is 2.25 bits per heavy atom. The third-order valence-corrected chi connectivity index (χ3v) is 4.03. The number of hydrogen-bond donors (Lipinski definition) is 1.